The molecule has 11 heteroatoms. The first-order chi connectivity index (χ1) is 14.9. The molecule has 1 aromatic carbocycles. The van der Waals surface area contributed by atoms with Crippen LogP contribution in [0.3, 0.4) is 0 Å². The number of carbonyl (C=O) groups is 1. The summed E-state index contributed by atoms with van der Waals surface area (Å²) in [6.45, 7) is 4.65. The van der Waals surface area contributed by atoms with Crippen LogP contribution in [-0.4, -0.2) is 27.4 Å². The fourth-order valence-electron chi connectivity index (χ4n) is 4.04. The Bertz CT molecular complexity index is 1080. The second kappa shape index (κ2) is 8.96. The molecule has 4 N–H and O–H groups in total. The SMILES string of the molecule is CC[C@H](C)[C@H](CO)c1c(C(F)(F)F)nn2c1NC(C)=C(C(N)=O)C2c1ccc(Cl)c(Cl)c1. The van der Waals surface area contributed by atoms with Crippen LogP contribution < -0.4 is 11.1 Å². The van der Waals surface area contributed by atoms with Crippen molar-refractivity contribution in [2.24, 2.45) is 11.7 Å². The number of aliphatic hydroxyl groups is 1. The first kappa shape index (κ1) is 24.4. The van der Waals surface area contributed by atoms with E-state index in [1.807, 2.05) is 6.92 Å². The Morgan fingerprint density at radius 1 is 1.34 bits per heavy atom. The van der Waals surface area contributed by atoms with Crippen molar-refractivity contribution in [3.05, 3.63) is 56.3 Å². The molecule has 2 heterocycles. The molecule has 32 heavy (non-hydrogen) atoms. The van der Waals surface area contributed by atoms with Crippen molar-refractivity contribution in [2.75, 3.05) is 11.9 Å². The molecule has 6 nitrogen and oxygen atoms in total. The summed E-state index contributed by atoms with van der Waals surface area (Å²) in [5, 5.41) is 17.2. The van der Waals surface area contributed by atoms with Gasteiger partial charge in [-0.15, -0.1) is 0 Å². The molecular formula is C21H23Cl2F3N4O2. The van der Waals surface area contributed by atoms with E-state index in [1.165, 1.54) is 12.1 Å². The molecule has 3 rings (SSSR count). The van der Waals surface area contributed by atoms with Gasteiger partial charge in [-0.25, -0.2) is 4.68 Å². The highest BCUT2D eigenvalue weighted by Gasteiger charge is 2.45. The highest BCUT2D eigenvalue weighted by Crippen LogP contribution is 2.47. The largest absolute Gasteiger partial charge is 0.435 e. The number of allylic oxidation sites excluding steroid dienone is 1. The zero-order valence-corrected chi connectivity index (χ0v) is 19.1. The van der Waals surface area contributed by atoms with Gasteiger partial charge >= 0.3 is 6.18 Å². The van der Waals surface area contributed by atoms with E-state index < -0.39 is 36.3 Å². The molecule has 2 aromatic rings. The molecule has 1 aromatic heterocycles. The van der Waals surface area contributed by atoms with Crippen LogP contribution in [0.5, 0.6) is 0 Å². The summed E-state index contributed by atoms with van der Waals surface area (Å²) in [4.78, 5) is 12.3. The number of alkyl halides is 3. The van der Waals surface area contributed by atoms with Crippen molar-refractivity contribution in [3.63, 3.8) is 0 Å². The Kier molecular flexibility index (Phi) is 6.83. The van der Waals surface area contributed by atoms with Gasteiger partial charge in [0, 0.05) is 17.2 Å². The van der Waals surface area contributed by atoms with E-state index in [0.717, 1.165) is 4.68 Å². The molecule has 0 saturated carbocycles. The maximum atomic E-state index is 14.1. The molecule has 174 valence electrons. The standard InChI is InChI=1S/C21H23Cl2F3N4O2/c1-4-9(2)12(8-31)16-18(21(24,25)26)29-30-17(11-5-6-13(22)14(23)7-11)15(19(27)32)10(3)28-20(16)30/h5-7,9,12,17,28,31H,4,8H2,1-3H3,(H2,27,32)/t9-,12-,17?/m0/s1. The van der Waals surface area contributed by atoms with Crippen molar-refractivity contribution in [2.45, 2.75) is 45.3 Å². The number of hydrogen-bond acceptors (Lipinski definition) is 4. The first-order valence-electron chi connectivity index (χ1n) is 9.95. The zero-order valence-electron chi connectivity index (χ0n) is 17.6. The number of fused-ring (bicyclic) bond motifs is 1. The number of nitrogens with one attached hydrogen (secondary N) is 1. The van der Waals surface area contributed by atoms with Crippen LogP contribution >= 0.6 is 23.2 Å². The first-order valence-corrected chi connectivity index (χ1v) is 10.7. The lowest BCUT2D eigenvalue weighted by Gasteiger charge is -2.31. The Hall–Kier alpha value is -2.23. The highest BCUT2D eigenvalue weighted by atomic mass is 35.5. The van der Waals surface area contributed by atoms with E-state index in [2.05, 4.69) is 10.4 Å². The van der Waals surface area contributed by atoms with Crippen LogP contribution in [0.4, 0.5) is 19.0 Å². The lowest BCUT2D eigenvalue weighted by Crippen LogP contribution is -2.32. The van der Waals surface area contributed by atoms with Gasteiger partial charge in [-0.1, -0.05) is 49.5 Å². The van der Waals surface area contributed by atoms with Crippen molar-refractivity contribution < 1.29 is 23.1 Å². The predicted molar refractivity (Wildman–Crippen MR) is 117 cm³/mol. The summed E-state index contributed by atoms with van der Waals surface area (Å²) in [7, 11) is 0. The van der Waals surface area contributed by atoms with E-state index >= 15 is 0 Å². The topological polar surface area (TPSA) is 93.2 Å². The van der Waals surface area contributed by atoms with Crippen LogP contribution in [0.1, 0.15) is 56.0 Å². The maximum Gasteiger partial charge on any atom is 0.435 e. The van der Waals surface area contributed by atoms with E-state index in [1.54, 1.807) is 19.9 Å². The van der Waals surface area contributed by atoms with Gasteiger partial charge in [0.2, 0.25) is 5.91 Å². The number of halogens is 5. The van der Waals surface area contributed by atoms with E-state index in [-0.39, 0.29) is 38.6 Å². The fraction of sp³-hybridized carbons (Fsp3) is 0.429. The average molecular weight is 491 g/mol. The molecule has 0 aliphatic carbocycles. The van der Waals surface area contributed by atoms with E-state index in [4.69, 9.17) is 28.9 Å². The predicted octanol–water partition coefficient (Wildman–Crippen LogP) is 5.10. The molecule has 0 saturated heterocycles. The minimum Gasteiger partial charge on any atom is -0.396 e. The maximum absolute atomic E-state index is 14.1. The minimum absolute atomic E-state index is 0.0442. The van der Waals surface area contributed by atoms with Crippen molar-refractivity contribution in [1.82, 2.24) is 9.78 Å². The van der Waals surface area contributed by atoms with Gasteiger partial charge in [0.05, 0.1) is 22.2 Å². The Labute approximate surface area is 193 Å². The number of hydrogen-bond donors (Lipinski definition) is 3. The molecule has 0 fully saturated rings. The second-order valence-corrected chi connectivity index (χ2v) is 8.65. The van der Waals surface area contributed by atoms with Crippen molar-refractivity contribution >= 4 is 34.9 Å². The number of amides is 1. The van der Waals surface area contributed by atoms with Crippen LogP contribution in [0.15, 0.2) is 29.5 Å². The average Bonchev–Trinajstić information content (AvgIpc) is 3.08. The number of nitrogens with zero attached hydrogens (tertiary/aromatic N) is 2. The molecule has 1 aliphatic rings. The lowest BCUT2D eigenvalue weighted by atomic mass is 9.85. The molecule has 0 radical (unpaired) electrons. The number of aliphatic hydroxyl groups excluding tert-OH is 1. The third kappa shape index (κ3) is 4.21. The Balaban J connectivity index is 2.36. The highest BCUT2D eigenvalue weighted by molar-refractivity contribution is 6.42. The van der Waals surface area contributed by atoms with Crippen LogP contribution in [-0.2, 0) is 11.0 Å². The Morgan fingerprint density at radius 3 is 2.50 bits per heavy atom. The Morgan fingerprint density at radius 2 is 2.00 bits per heavy atom. The van der Waals surface area contributed by atoms with Gasteiger partial charge < -0.3 is 16.2 Å². The lowest BCUT2D eigenvalue weighted by molar-refractivity contribution is -0.142. The third-order valence-electron chi connectivity index (χ3n) is 5.87. The summed E-state index contributed by atoms with van der Waals surface area (Å²) in [5.74, 6) is -1.86. The number of anilines is 1. The van der Waals surface area contributed by atoms with Crippen LogP contribution in [0.25, 0.3) is 0 Å². The summed E-state index contributed by atoms with van der Waals surface area (Å²) < 4.78 is 43.3. The van der Waals surface area contributed by atoms with Gasteiger partial charge in [-0.05, 0) is 30.5 Å². The van der Waals surface area contributed by atoms with Crippen molar-refractivity contribution in [3.8, 4) is 0 Å². The molecule has 0 spiro atoms. The van der Waals surface area contributed by atoms with Crippen LogP contribution in [0, 0.1) is 5.92 Å². The third-order valence-corrected chi connectivity index (χ3v) is 6.61. The number of benzene rings is 1. The molecule has 0 bridgehead atoms. The smallest absolute Gasteiger partial charge is 0.396 e. The van der Waals surface area contributed by atoms with E-state index in [9.17, 15) is 23.1 Å². The number of rotatable bonds is 6. The summed E-state index contributed by atoms with van der Waals surface area (Å²) in [5.41, 5.74) is 5.05. The quantitative estimate of drug-likeness (QED) is 0.524. The molecule has 1 amide bonds. The molecule has 1 unspecified atom stereocenters. The minimum atomic E-state index is -4.79. The van der Waals surface area contributed by atoms with Gasteiger partial charge in [-0.2, -0.15) is 18.3 Å². The molecular weight excluding hydrogens is 468 g/mol. The fourth-order valence-corrected chi connectivity index (χ4v) is 4.35. The van der Waals surface area contributed by atoms with Gasteiger partial charge in [0.25, 0.3) is 0 Å². The van der Waals surface area contributed by atoms with Gasteiger partial charge in [0.15, 0.2) is 5.69 Å². The van der Waals surface area contributed by atoms with Gasteiger partial charge in [-0.3, -0.25) is 4.79 Å². The van der Waals surface area contributed by atoms with Crippen molar-refractivity contribution in [1.29, 1.82) is 0 Å². The number of nitrogens with two attached hydrogens (primary N) is 1. The summed E-state index contributed by atoms with van der Waals surface area (Å²) in [6, 6.07) is 3.44. The molecule has 3 atom stereocenters. The monoisotopic (exact) mass is 490 g/mol. The van der Waals surface area contributed by atoms with Crippen LogP contribution in [0.2, 0.25) is 10.0 Å². The number of primary amides is 1. The zero-order chi connectivity index (χ0) is 24.0. The summed E-state index contributed by atoms with van der Waals surface area (Å²) >= 11 is 12.1. The number of carbonyl (C=O) groups excluding carboxylic acids is 1. The second-order valence-electron chi connectivity index (χ2n) is 7.83. The van der Waals surface area contributed by atoms with Gasteiger partial charge in [0.1, 0.15) is 11.9 Å². The van der Waals surface area contributed by atoms with E-state index in [0.29, 0.717) is 12.0 Å². The summed E-state index contributed by atoms with van der Waals surface area (Å²) in [6.07, 6.45) is -4.24. The molecule has 1 aliphatic heterocycles. The number of aromatic nitrogens is 2. The normalized spacial score (nSPS) is 18.2.